The number of ether oxygens (including phenoxy) is 1. The summed E-state index contributed by atoms with van der Waals surface area (Å²) < 4.78 is 5.98. The van der Waals surface area contributed by atoms with E-state index in [0.717, 1.165) is 26.1 Å². The molecule has 3 rings (SSSR count). The van der Waals surface area contributed by atoms with E-state index in [0.29, 0.717) is 18.8 Å². The van der Waals surface area contributed by atoms with Crippen LogP contribution < -0.4 is 5.32 Å². The van der Waals surface area contributed by atoms with Gasteiger partial charge in [0, 0.05) is 44.6 Å². The van der Waals surface area contributed by atoms with E-state index in [1.165, 1.54) is 12.1 Å². The van der Waals surface area contributed by atoms with Gasteiger partial charge in [-0.05, 0) is 24.1 Å². The van der Waals surface area contributed by atoms with E-state index >= 15 is 0 Å². The first kappa shape index (κ1) is 11.1. The van der Waals surface area contributed by atoms with E-state index in [9.17, 15) is 0 Å². The summed E-state index contributed by atoms with van der Waals surface area (Å²) >= 11 is 0. The van der Waals surface area contributed by atoms with Crippen molar-refractivity contribution in [3.63, 3.8) is 0 Å². The Morgan fingerprint density at radius 3 is 3.12 bits per heavy atom. The van der Waals surface area contributed by atoms with Gasteiger partial charge in [-0.15, -0.1) is 0 Å². The summed E-state index contributed by atoms with van der Waals surface area (Å²) in [4.78, 5) is 6.56. The average Bonchev–Trinajstić information content (AvgIpc) is 2.80. The number of rotatable bonds is 3. The summed E-state index contributed by atoms with van der Waals surface area (Å²) in [7, 11) is 0. The van der Waals surface area contributed by atoms with E-state index in [2.05, 4.69) is 15.2 Å². The summed E-state index contributed by atoms with van der Waals surface area (Å²) in [5.74, 6) is 0. The highest BCUT2D eigenvalue weighted by atomic mass is 16.5. The maximum Gasteiger partial charge on any atom is 0.0722 e. The van der Waals surface area contributed by atoms with Gasteiger partial charge in [-0.2, -0.15) is 0 Å². The number of aromatic nitrogens is 1. The molecule has 4 heteroatoms. The molecular formula is C13H19N3O. The van der Waals surface area contributed by atoms with Crippen LogP contribution in [-0.2, 0) is 11.3 Å². The zero-order valence-corrected chi connectivity index (χ0v) is 10.0. The van der Waals surface area contributed by atoms with Crippen molar-refractivity contribution in [3.05, 3.63) is 30.1 Å². The van der Waals surface area contributed by atoms with Crippen molar-refractivity contribution in [1.29, 1.82) is 0 Å². The van der Waals surface area contributed by atoms with Crippen molar-refractivity contribution in [2.24, 2.45) is 0 Å². The normalized spacial score (nSPS) is 29.2. The lowest BCUT2D eigenvalue weighted by Crippen LogP contribution is -2.47. The number of hydrogen-bond acceptors (Lipinski definition) is 4. The molecule has 0 aliphatic carbocycles. The summed E-state index contributed by atoms with van der Waals surface area (Å²) in [6.45, 7) is 5.21. The molecule has 0 radical (unpaired) electrons. The molecule has 0 amide bonds. The minimum absolute atomic E-state index is 0.396. The molecule has 2 aliphatic heterocycles. The van der Waals surface area contributed by atoms with Crippen molar-refractivity contribution in [2.45, 2.75) is 25.2 Å². The maximum atomic E-state index is 5.98. The Kier molecular flexibility index (Phi) is 3.36. The van der Waals surface area contributed by atoms with Gasteiger partial charge in [-0.25, -0.2) is 0 Å². The fourth-order valence-corrected chi connectivity index (χ4v) is 2.73. The van der Waals surface area contributed by atoms with E-state index in [-0.39, 0.29) is 0 Å². The third-order valence-corrected chi connectivity index (χ3v) is 3.68. The molecule has 0 saturated carbocycles. The molecule has 92 valence electrons. The molecule has 1 aromatic rings. The highest BCUT2D eigenvalue weighted by molar-refractivity contribution is 5.08. The molecule has 3 heterocycles. The molecule has 0 spiro atoms. The number of nitrogens with one attached hydrogen (secondary N) is 1. The van der Waals surface area contributed by atoms with E-state index in [4.69, 9.17) is 4.74 Å². The van der Waals surface area contributed by atoms with Gasteiger partial charge >= 0.3 is 0 Å². The third-order valence-electron chi connectivity index (χ3n) is 3.68. The van der Waals surface area contributed by atoms with Gasteiger partial charge < -0.3 is 10.1 Å². The molecule has 0 unspecified atom stereocenters. The predicted molar refractivity (Wildman–Crippen MR) is 65.7 cm³/mol. The molecular weight excluding hydrogens is 214 g/mol. The predicted octanol–water partition coefficient (Wildman–Crippen LogP) is 0.644. The number of piperazine rings is 1. The maximum absolute atomic E-state index is 5.98. The second-order valence-corrected chi connectivity index (χ2v) is 4.88. The lowest BCUT2D eigenvalue weighted by molar-refractivity contribution is 0.0468. The highest BCUT2D eigenvalue weighted by Crippen LogP contribution is 2.22. The van der Waals surface area contributed by atoms with Crippen molar-refractivity contribution >= 4 is 0 Å². The summed E-state index contributed by atoms with van der Waals surface area (Å²) in [5, 5.41) is 3.45. The van der Waals surface area contributed by atoms with Crippen LogP contribution in [-0.4, -0.2) is 48.2 Å². The van der Waals surface area contributed by atoms with Crippen LogP contribution in [0.2, 0.25) is 0 Å². The fraction of sp³-hybridized carbons (Fsp3) is 0.615. The van der Waals surface area contributed by atoms with Crippen molar-refractivity contribution < 1.29 is 4.74 Å². The minimum Gasteiger partial charge on any atom is -0.372 e. The lowest BCUT2D eigenvalue weighted by atomic mass is 10.2. The third kappa shape index (κ3) is 2.65. The van der Waals surface area contributed by atoms with Gasteiger partial charge in [0.2, 0.25) is 0 Å². The monoisotopic (exact) mass is 233 g/mol. The van der Waals surface area contributed by atoms with Gasteiger partial charge in [-0.3, -0.25) is 9.88 Å². The quantitative estimate of drug-likeness (QED) is 0.831. The van der Waals surface area contributed by atoms with Crippen LogP contribution in [0.25, 0.3) is 0 Å². The zero-order chi connectivity index (χ0) is 11.5. The molecule has 17 heavy (non-hydrogen) atoms. The second-order valence-electron chi connectivity index (χ2n) is 4.88. The molecule has 0 aromatic carbocycles. The number of hydrogen-bond donors (Lipinski definition) is 1. The van der Waals surface area contributed by atoms with Gasteiger partial charge in [0.25, 0.3) is 0 Å². The van der Waals surface area contributed by atoms with Gasteiger partial charge in [0.15, 0.2) is 0 Å². The van der Waals surface area contributed by atoms with E-state index in [1.54, 1.807) is 0 Å². The second kappa shape index (κ2) is 5.12. The first-order valence-electron chi connectivity index (χ1n) is 6.37. The molecule has 2 atom stereocenters. The van der Waals surface area contributed by atoms with E-state index < -0.39 is 0 Å². The van der Waals surface area contributed by atoms with Crippen LogP contribution in [0.5, 0.6) is 0 Å². The largest absolute Gasteiger partial charge is 0.372 e. The molecule has 4 nitrogen and oxygen atoms in total. The van der Waals surface area contributed by atoms with E-state index in [1.807, 2.05) is 24.5 Å². The number of pyridine rings is 1. The van der Waals surface area contributed by atoms with Crippen LogP contribution in [0.4, 0.5) is 0 Å². The molecule has 2 aliphatic rings. The molecule has 2 fully saturated rings. The Bertz CT molecular complexity index is 343. The van der Waals surface area contributed by atoms with Crippen LogP contribution in [0.3, 0.4) is 0 Å². The minimum atomic E-state index is 0.396. The number of nitrogens with zero attached hydrogens (tertiary/aromatic N) is 2. The van der Waals surface area contributed by atoms with Crippen molar-refractivity contribution in [3.8, 4) is 0 Å². The van der Waals surface area contributed by atoms with Crippen LogP contribution >= 0.6 is 0 Å². The van der Waals surface area contributed by atoms with Gasteiger partial charge in [-0.1, -0.05) is 0 Å². The van der Waals surface area contributed by atoms with Crippen molar-refractivity contribution in [1.82, 2.24) is 15.2 Å². The lowest BCUT2D eigenvalue weighted by Gasteiger charge is -2.29. The first-order chi connectivity index (χ1) is 8.42. The van der Waals surface area contributed by atoms with Crippen LogP contribution in [0, 0.1) is 0 Å². The van der Waals surface area contributed by atoms with Gasteiger partial charge in [0.05, 0.1) is 12.7 Å². The Morgan fingerprint density at radius 1 is 1.41 bits per heavy atom. The smallest absolute Gasteiger partial charge is 0.0722 e. The Balaban J connectivity index is 1.50. The first-order valence-corrected chi connectivity index (χ1v) is 6.37. The molecule has 0 bridgehead atoms. The van der Waals surface area contributed by atoms with Crippen LogP contribution in [0.15, 0.2) is 24.5 Å². The summed E-state index contributed by atoms with van der Waals surface area (Å²) in [5.41, 5.74) is 1.21. The summed E-state index contributed by atoms with van der Waals surface area (Å²) in [6, 6.07) is 4.72. The molecule has 1 N–H and O–H groups in total. The highest BCUT2D eigenvalue weighted by Gasteiger charge is 2.33. The Hall–Kier alpha value is -0.970. The van der Waals surface area contributed by atoms with Crippen molar-refractivity contribution in [2.75, 3.05) is 26.2 Å². The Morgan fingerprint density at radius 2 is 2.29 bits per heavy atom. The standard InChI is InChI=1S/C13H19N3O/c1-3-14-4-2-11(1)10-17-13-7-12-8-15-5-6-16(12)9-13/h1-4,12-13,15H,5-10H2/t12-,13+/m0/s1. The van der Waals surface area contributed by atoms with Crippen LogP contribution in [0.1, 0.15) is 12.0 Å². The zero-order valence-electron chi connectivity index (χ0n) is 10.0. The van der Waals surface area contributed by atoms with Gasteiger partial charge in [0.1, 0.15) is 0 Å². The SMILES string of the molecule is c1cc(CO[C@@H]2C[C@H]3CNCCN3C2)ccn1. The fourth-order valence-electron chi connectivity index (χ4n) is 2.73. The summed E-state index contributed by atoms with van der Waals surface area (Å²) in [6.07, 6.45) is 5.20. The molecule has 2 saturated heterocycles. The Labute approximate surface area is 102 Å². The average molecular weight is 233 g/mol. The number of fused-ring (bicyclic) bond motifs is 1. The topological polar surface area (TPSA) is 37.4 Å². The molecule has 1 aromatic heterocycles.